The maximum atomic E-state index is 11.5. The van der Waals surface area contributed by atoms with Crippen molar-refractivity contribution in [1.29, 1.82) is 0 Å². The van der Waals surface area contributed by atoms with Crippen LogP contribution in [0.1, 0.15) is 40.0 Å². The van der Waals surface area contributed by atoms with Crippen molar-refractivity contribution >= 4 is 5.78 Å². The van der Waals surface area contributed by atoms with Gasteiger partial charge in [-0.15, -0.1) is 6.58 Å². The molecule has 2 unspecified atom stereocenters. The Morgan fingerprint density at radius 2 is 2.08 bits per heavy atom. The van der Waals surface area contributed by atoms with E-state index in [1.54, 1.807) is 0 Å². The predicted molar refractivity (Wildman–Crippen MR) is 53.1 cm³/mol. The molecule has 12 heavy (non-hydrogen) atoms. The van der Waals surface area contributed by atoms with Gasteiger partial charge >= 0.3 is 0 Å². The first-order valence-electron chi connectivity index (χ1n) is 4.82. The molecule has 0 aromatic carbocycles. The molecule has 0 N–H and O–H groups in total. The van der Waals surface area contributed by atoms with Crippen molar-refractivity contribution in [3.05, 3.63) is 12.7 Å². The summed E-state index contributed by atoms with van der Waals surface area (Å²) in [5.74, 6) is 0.920. The molecule has 0 radical (unpaired) electrons. The highest BCUT2D eigenvalue weighted by Gasteiger charge is 2.19. The Bertz CT molecular complexity index is 149. The third kappa shape index (κ3) is 3.21. The summed E-state index contributed by atoms with van der Waals surface area (Å²) in [4.78, 5) is 11.5. The van der Waals surface area contributed by atoms with Crippen LogP contribution in [0.3, 0.4) is 0 Å². The van der Waals surface area contributed by atoms with E-state index >= 15 is 0 Å². The second kappa shape index (κ2) is 5.99. The van der Waals surface area contributed by atoms with E-state index in [9.17, 15) is 4.79 Å². The van der Waals surface area contributed by atoms with Gasteiger partial charge in [-0.05, 0) is 18.8 Å². The molecule has 70 valence electrons. The van der Waals surface area contributed by atoms with Gasteiger partial charge in [0.15, 0.2) is 0 Å². The van der Waals surface area contributed by atoms with E-state index < -0.39 is 0 Å². The number of hydrogen-bond donors (Lipinski definition) is 0. The van der Waals surface area contributed by atoms with E-state index in [1.807, 2.05) is 13.0 Å². The molecule has 0 aliphatic rings. The summed E-state index contributed by atoms with van der Waals surface area (Å²) < 4.78 is 0. The van der Waals surface area contributed by atoms with Gasteiger partial charge in [0.05, 0.1) is 0 Å². The minimum Gasteiger partial charge on any atom is -0.299 e. The molecule has 1 nitrogen and oxygen atoms in total. The Hall–Kier alpha value is -0.590. The Labute approximate surface area is 75.9 Å². The maximum absolute atomic E-state index is 11.5. The van der Waals surface area contributed by atoms with Crippen molar-refractivity contribution in [1.82, 2.24) is 0 Å². The number of ketones is 1. The van der Waals surface area contributed by atoms with Gasteiger partial charge in [-0.1, -0.05) is 26.8 Å². The summed E-state index contributed by atoms with van der Waals surface area (Å²) in [5.41, 5.74) is 0. The molecule has 0 fully saturated rings. The van der Waals surface area contributed by atoms with E-state index in [4.69, 9.17) is 0 Å². The molecule has 0 spiro atoms. The normalized spacial score (nSPS) is 15.2. The number of rotatable bonds is 6. The third-order valence-corrected chi connectivity index (χ3v) is 2.36. The van der Waals surface area contributed by atoms with Crippen molar-refractivity contribution in [2.75, 3.05) is 0 Å². The Morgan fingerprint density at radius 3 is 2.42 bits per heavy atom. The molecule has 0 bridgehead atoms. The van der Waals surface area contributed by atoms with Crippen LogP contribution < -0.4 is 0 Å². The molecule has 1 heteroatoms. The SMILES string of the molecule is C=CC(C)C(CC)C(=O)CCC. The Morgan fingerprint density at radius 1 is 1.50 bits per heavy atom. The molecule has 2 atom stereocenters. The van der Waals surface area contributed by atoms with Gasteiger partial charge in [-0.2, -0.15) is 0 Å². The molecule has 0 saturated heterocycles. The molecule has 0 aromatic rings. The van der Waals surface area contributed by atoms with E-state index in [0.717, 1.165) is 19.3 Å². The lowest BCUT2D eigenvalue weighted by Crippen LogP contribution is -2.19. The fourth-order valence-corrected chi connectivity index (χ4v) is 1.49. The van der Waals surface area contributed by atoms with Crippen LogP contribution in [0.5, 0.6) is 0 Å². The van der Waals surface area contributed by atoms with Gasteiger partial charge in [0, 0.05) is 12.3 Å². The highest BCUT2D eigenvalue weighted by Crippen LogP contribution is 2.19. The number of allylic oxidation sites excluding steroid dienone is 1. The van der Waals surface area contributed by atoms with Crippen LogP contribution in [0.25, 0.3) is 0 Å². The lowest BCUT2D eigenvalue weighted by atomic mass is 9.86. The highest BCUT2D eigenvalue weighted by atomic mass is 16.1. The predicted octanol–water partition coefficient (Wildman–Crippen LogP) is 3.20. The maximum Gasteiger partial charge on any atom is 0.136 e. The topological polar surface area (TPSA) is 17.1 Å². The lowest BCUT2D eigenvalue weighted by Gasteiger charge is -2.17. The monoisotopic (exact) mass is 168 g/mol. The Kier molecular flexibility index (Phi) is 5.69. The second-order valence-electron chi connectivity index (χ2n) is 3.33. The molecule has 0 aromatic heterocycles. The first kappa shape index (κ1) is 11.4. The molecule has 0 saturated carbocycles. The van der Waals surface area contributed by atoms with Gasteiger partial charge < -0.3 is 0 Å². The zero-order valence-electron chi connectivity index (χ0n) is 8.47. The summed E-state index contributed by atoms with van der Waals surface area (Å²) >= 11 is 0. The molecule has 0 aliphatic heterocycles. The summed E-state index contributed by atoms with van der Waals surface area (Å²) in [5, 5.41) is 0. The molecule has 0 amide bonds. The van der Waals surface area contributed by atoms with Gasteiger partial charge in [0.25, 0.3) is 0 Å². The standard InChI is InChI=1S/C11H20O/c1-5-8-11(12)10(7-3)9(4)6-2/h6,9-10H,2,5,7-8H2,1,3-4H3. The minimum atomic E-state index is 0.197. The summed E-state index contributed by atoms with van der Waals surface area (Å²) in [7, 11) is 0. The second-order valence-corrected chi connectivity index (χ2v) is 3.33. The first-order chi connectivity index (χ1) is 5.67. The van der Waals surface area contributed by atoms with Crippen LogP contribution in [-0.4, -0.2) is 5.78 Å². The van der Waals surface area contributed by atoms with Crippen molar-refractivity contribution in [2.45, 2.75) is 40.0 Å². The van der Waals surface area contributed by atoms with E-state index in [-0.39, 0.29) is 5.92 Å². The third-order valence-electron chi connectivity index (χ3n) is 2.36. The van der Waals surface area contributed by atoms with Gasteiger partial charge in [-0.3, -0.25) is 4.79 Å². The number of hydrogen-bond acceptors (Lipinski definition) is 1. The molecular weight excluding hydrogens is 148 g/mol. The molecular formula is C11H20O. The van der Waals surface area contributed by atoms with E-state index in [2.05, 4.69) is 20.4 Å². The van der Waals surface area contributed by atoms with Gasteiger partial charge in [-0.25, -0.2) is 0 Å². The van der Waals surface area contributed by atoms with Gasteiger partial charge in [0.2, 0.25) is 0 Å². The number of carbonyl (C=O) groups excluding carboxylic acids is 1. The van der Waals surface area contributed by atoms with E-state index in [0.29, 0.717) is 11.7 Å². The first-order valence-corrected chi connectivity index (χ1v) is 4.82. The van der Waals surface area contributed by atoms with Crippen LogP contribution >= 0.6 is 0 Å². The molecule has 0 rings (SSSR count). The summed E-state index contributed by atoms with van der Waals surface area (Å²) in [6.45, 7) is 9.90. The van der Waals surface area contributed by atoms with E-state index in [1.165, 1.54) is 0 Å². The molecule has 0 aliphatic carbocycles. The van der Waals surface area contributed by atoms with Crippen LogP contribution in [0.15, 0.2) is 12.7 Å². The number of carbonyl (C=O) groups is 1. The van der Waals surface area contributed by atoms with Crippen LogP contribution in [0.4, 0.5) is 0 Å². The van der Waals surface area contributed by atoms with Crippen molar-refractivity contribution in [3.63, 3.8) is 0 Å². The average Bonchev–Trinajstić information content (AvgIpc) is 2.06. The zero-order valence-corrected chi connectivity index (χ0v) is 8.47. The fourth-order valence-electron chi connectivity index (χ4n) is 1.49. The van der Waals surface area contributed by atoms with Crippen LogP contribution in [0, 0.1) is 11.8 Å². The Balaban J connectivity index is 4.13. The molecule has 0 heterocycles. The fraction of sp³-hybridized carbons (Fsp3) is 0.727. The summed E-state index contributed by atoms with van der Waals surface area (Å²) in [6, 6.07) is 0. The van der Waals surface area contributed by atoms with Gasteiger partial charge in [0.1, 0.15) is 5.78 Å². The lowest BCUT2D eigenvalue weighted by molar-refractivity contribution is -0.123. The highest BCUT2D eigenvalue weighted by molar-refractivity contribution is 5.81. The number of Topliss-reactive ketones (excluding diaryl/α,β-unsaturated/α-hetero) is 1. The smallest absolute Gasteiger partial charge is 0.136 e. The van der Waals surface area contributed by atoms with Crippen molar-refractivity contribution in [2.24, 2.45) is 11.8 Å². The minimum absolute atomic E-state index is 0.197. The summed E-state index contributed by atoms with van der Waals surface area (Å²) in [6.07, 6.45) is 4.49. The van der Waals surface area contributed by atoms with Crippen molar-refractivity contribution < 1.29 is 4.79 Å². The van der Waals surface area contributed by atoms with Crippen molar-refractivity contribution in [3.8, 4) is 0 Å². The zero-order chi connectivity index (χ0) is 9.56. The quantitative estimate of drug-likeness (QED) is 0.557. The largest absolute Gasteiger partial charge is 0.299 e. The van der Waals surface area contributed by atoms with Crippen LogP contribution in [0.2, 0.25) is 0 Å². The van der Waals surface area contributed by atoms with Crippen LogP contribution in [-0.2, 0) is 4.79 Å². The average molecular weight is 168 g/mol.